The zero-order valence-electron chi connectivity index (χ0n) is 8.95. The van der Waals surface area contributed by atoms with Crippen LogP contribution in [0, 0.1) is 0 Å². The molecule has 0 amide bonds. The first-order chi connectivity index (χ1) is 5.20. The minimum absolute atomic E-state index is 0. The van der Waals surface area contributed by atoms with Gasteiger partial charge in [0.25, 0.3) is 0 Å². The van der Waals surface area contributed by atoms with E-state index in [-0.39, 0.29) is 43.7 Å². The van der Waals surface area contributed by atoms with Gasteiger partial charge in [-0.15, -0.1) is 0 Å². The van der Waals surface area contributed by atoms with E-state index in [1.54, 1.807) is 0 Å². The van der Waals surface area contributed by atoms with E-state index in [0.29, 0.717) is 0 Å². The summed E-state index contributed by atoms with van der Waals surface area (Å²) < 4.78 is 0. The molecule has 0 aliphatic heterocycles. The average molecular weight is 438 g/mol. The monoisotopic (exact) mass is 439 g/mol. The third-order valence-electron chi connectivity index (χ3n) is 0. The fraction of sp³-hybridized carbons (Fsp3) is 0.500. The molecule has 0 fully saturated rings. The van der Waals surface area contributed by atoms with Crippen molar-refractivity contribution in [1.29, 1.82) is 0 Å². The van der Waals surface area contributed by atoms with Gasteiger partial charge in [-0.1, -0.05) is 0 Å². The van der Waals surface area contributed by atoms with Gasteiger partial charge in [0.05, 0.1) is 0 Å². The molecule has 0 saturated carbocycles. The Balaban J connectivity index is -0.0000000135. The molecule has 97 valence electrons. The fourth-order valence-electron chi connectivity index (χ4n) is 0. The number of rotatable bonds is 0. The molecule has 0 aromatic heterocycles. The number of carbonyl (C=O) groups excluding carboxylic acids is 3. The third kappa shape index (κ3) is 3170. The molecule has 16 heavy (non-hydrogen) atoms. The van der Waals surface area contributed by atoms with Crippen molar-refractivity contribution in [3.63, 3.8) is 0 Å². The molecule has 1 radical (unpaired) electrons. The number of hydrogen-bond acceptors (Lipinski definition) is 6. The standard InChI is InChI=1S/3C2H4O2.3H2O.Pb/c3*1-2(3)4;;;;/h3*1H3,(H,3,4);3*1H2;/q;;;;;;+3/p-3. The van der Waals surface area contributed by atoms with E-state index >= 15 is 0 Å². The van der Waals surface area contributed by atoms with Crippen LogP contribution in [0.15, 0.2) is 0 Å². The molecule has 9 nitrogen and oxygen atoms in total. The summed E-state index contributed by atoms with van der Waals surface area (Å²) >= 11 is 0. The van der Waals surface area contributed by atoms with Gasteiger partial charge in [-0.05, 0) is 20.8 Å². The molecule has 0 heterocycles. The molecule has 0 bridgehead atoms. The second-order valence-electron chi connectivity index (χ2n) is 1.47. The van der Waals surface area contributed by atoms with Crippen LogP contribution in [0.2, 0.25) is 0 Å². The van der Waals surface area contributed by atoms with Crippen molar-refractivity contribution in [1.82, 2.24) is 0 Å². The summed E-state index contributed by atoms with van der Waals surface area (Å²) in [5, 5.41) is 26.7. The quantitative estimate of drug-likeness (QED) is 0.335. The Kier molecular flexibility index (Phi) is 105. The van der Waals surface area contributed by atoms with Crippen LogP contribution >= 0.6 is 0 Å². The Morgan fingerprint density at radius 1 is 0.625 bits per heavy atom. The zero-order chi connectivity index (χ0) is 10.7. The van der Waals surface area contributed by atoms with E-state index in [1.807, 2.05) is 0 Å². The molecule has 0 aromatic rings. The van der Waals surface area contributed by atoms with E-state index in [0.717, 1.165) is 20.8 Å². The molecule has 6 N–H and O–H groups in total. The number of carboxylic acids is 3. The fourth-order valence-corrected chi connectivity index (χ4v) is 0. The van der Waals surface area contributed by atoms with E-state index in [1.165, 1.54) is 0 Å². The van der Waals surface area contributed by atoms with Gasteiger partial charge >= 0.3 is 27.3 Å². The van der Waals surface area contributed by atoms with Crippen LogP contribution < -0.4 is 15.3 Å². The first kappa shape index (κ1) is 45.6. The Labute approximate surface area is 112 Å². The van der Waals surface area contributed by atoms with Crippen molar-refractivity contribution in [3.8, 4) is 0 Å². The molecule has 0 spiro atoms. The van der Waals surface area contributed by atoms with Gasteiger partial charge in [-0.2, -0.15) is 0 Å². The van der Waals surface area contributed by atoms with Gasteiger partial charge in [-0.3, -0.25) is 0 Å². The SMILES string of the molecule is CC(=O)[O-].CC(=O)[O-].CC(=O)[O-].O.O.O.[Pb+3]. The van der Waals surface area contributed by atoms with Gasteiger partial charge in [0, 0.05) is 17.9 Å². The predicted octanol–water partition coefficient (Wildman–Crippen LogP) is -6.59. The maximum atomic E-state index is 8.89. The summed E-state index contributed by atoms with van der Waals surface area (Å²) in [7, 11) is 0. The minimum Gasteiger partial charge on any atom is -0.550 e. The predicted molar refractivity (Wildman–Crippen MR) is 48.6 cm³/mol. The Morgan fingerprint density at radius 2 is 0.625 bits per heavy atom. The summed E-state index contributed by atoms with van der Waals surface area (Å²) in [6.07, 6.45) is 0. The summed E-state index contributed by atoms with van der Waals surface area (Å²) in [6.45, 7) is 2.92. The van der Waals surface area contributed by atoms with Gasteiger partial charge in [0.2, 0.25) is 0 Å². The smallest absolute Gasteiger partial charge is 0.550 e. The third-order valence-corrected chi connectivity index (χ3v) is 0. The van der Waals surface area contributed by atoms with Crippen LogP contribution in [0.1, 0.15) is 20.8 Å². The molecule has 0 saturated heterocycles. The normalized spacial score (nSPS) is 4.69. The topological polar surface area (TPSA) is 215 Å². The van der Waals surface area contributed by atoms with Crippen LogP contribution in [-0.2, 0) is 14.4 Å². The summed E-state index contributed by atoms with van der Waals surface area (Å²) in [6, 6.07) is 0. The summed E-state index contributed by atoms with van der Waals surface area (Å²) in [5.74, 6) is -3.25. The minimum atomic E-state index is -1.08. The van der Waals surface area contributed by atoms with E-state index in [2.05, 4.69) is 0 Å². The number of hydrogen-bond donors (Lipinski definition) is 0. The van der Waals surface area contributed by atoms with E-state index < -0.39 is 17.9 Å². The van der Waals surface area contributed by atoms with Gasteiger partial charge in [0.1, 0.15) is 0 Å². The van der Waals surface area contributed by atoms with Crippen LogP contribution in [0.25, 0.3) is 0 Å². The number of carboxylic acid groups (broad SMARTS) is 3. The molecule has 0 aliphatic carbocycles. The second-order valence-corrected chi connectivity index (χ2v) is 1.47. The van der Waals surface area contributed by atoms with Crippen molar-refractivity contribution in [2.24, 2.45) is 0 Å². The van der Waals surface area contributed by atoms with Crippen LogP contribution in [-0.4, -0.2) is 61.6 Å². The molecule has 0 atom stereocenters. The Bertz CT molecular complexity index is 118. The molecular formula is C6H15O9Pb. The maximum Gasteiger partial charge on any atom is 3.00 e. The van der Waals surface area contributed by atoms with Crippen LogP contribution in [0.5, 0.6) is 0 Å². The van der Waals surface area contributed by atoms with Gasteiger partial charge in [0.15, 0.2) is 0 Å². The molecule has 0 aliphatic rings. The molecule has 10 heteroatoms. The summed E-state index contributed by atoms with van der Waals surface area (Å²) in [4.78, 5) is 26.7. The maximum absolute atomic E-state index is 8.89. The van der Waals surface area contributed by atoms with Crippen molar-refractivity contribution in [2.45, 2.75) is 20.8 Å². The first-order valence-corrected chi connectivity index (χ1v) is 2.72. The second kappa shape index (κ2) is 36.8. The molecule has 0 rings (SSSR count). The average Bonchev–Trinajstić information content (AvgIpc) is 1.54. The number of aliphatic carboxylic acids is 3. The van der Waals surface area contributed by atoms with Crippen molar-refractivity contribution in [3.05, 3.63) is 0 Å². The van der Waals surface area contributed by atoms with Crippen molar-refractivity contribution < 1.29 is 46.1 Å². The van der Waals surface area contributed by atoms with Crippen LogP contribution in [0.4, 0.5) is 0 Å². The first-order valence-electron chi connectivity index (χ1n) is 2.72. The molecule has 0 unspecified atom stereocenters. The van der Waals surface area contributed by atoms with E-state index in [4.69, 9.17) is 29.7 Å². The van der Waals surface area contributed by atoms with Crippen molar-refractivity contribution >= 4 is 45.2 Å². The molecule has 0 aromatic carbocycles. The Hall–Kier alpha value is -0.788. The largest absolute Gasteiger partial charge is 3.00 e. The van der Waals surface area contributed by atoms with Crippen LogP contribution in [0.3, 0.4) is 0 Å². The zero-order valence-corrected chi connectivity index (χ0v) is 12.8. The van der Waals surface area contributed by atoms with Gasteiger partial charge in [-0.25, -0.2) is 0 Å². The van der Waals surface area contributed by atoms with Crippen molar-refractivity contribution in [2.75, 3.05) is 0 Å². The van der Waals surface area contributed by atoms with E-state index in [9.17, 15) is 0 Å². The Morgan fingerprint density at radius 3 is 0.625 bits per heavy atom. The number of carbonyl (C=O) groups is 3. The summed E-state index contributed by atoms with van der Waals surface area (Å²) in [5.41, 5.74) is 0. The van der Waals surface area contributed by atoms with Gasteiger partial charge < -0.3 is 46.1 Å². The molecular weight excluding hydrogens is 423 g/mol.